The highest BCUT2D eigenvalue weighted by atomic mass is 28.4. The van der Waals surface area contributed by atoms with Crippen molar-refractivity contribution in [2.45, 2.75) is 139 Å². The zero-order chi connectivity index (χ0) is 26.0. The van der Waals surface area contributed by atoms with Gasteiger partial charge in [0.05, 0.1) is 0 Å². The van der Waals surface area contributed by atoms with E-state index in [4.69, 9.17) is 33.5 Å². The van der Waals surface area contributed by atoms with Crippen LogP contribution < -0.4 is 0 Å². The second-order valence-corrected chi connectivity index (χ2v) is 16.9. The summed E-state index contributed by atoms with van der Waals surface area (Å²) in [4.78, 5) is 0. The van der Waals surface area contributed by atoms with Crippen LogP contribution in [-0.2, 0) is 33.5 Å². The maximum Gasteiger partial charge on any atom is 0.662 e. The molecule has 0 atom stereocenters. The molecule has 0 N–H and O–H groups in total. The smallest absolute Gasteiger partial charge is 0.458 e. The lowest BCUT2D eigenvalue weighted by Gasteiger charge is -2.38. The molecule has 0 aliphatic rings. The molecule has 0 bridgehead atoms. The van der Waals surface area contributed by atoms with Gasteiger partial charge in [0, 0.05) is 36.6 Å². The molecule has 11 heteroatoms. The predicted octanol–water partition coefficient (Wildman–Crippen LogP) is 5.59. The van der Waals surface area contributed by atoms with E-state index in [-0.39, 0.29) is 36.6 Å². The Morgan fingerprint density at radius 3 is 0.788 bits per heavy atom. The van der Waals surface area contributed by atoms with Gasteiger partial charge in [-0.2, -0.15) is 0 Å². The van der Waals surface area contributed by atoms with E-state index in [2.05, 4.69) is 13.8 Å². The Hall–Kier alpha value is 0.646. The molecule has 0 aliphatic heterocycles. The van der Waals surface area contributed by atoms with E-state index in [0.29, 0.717) is 11.2 Å². The van der Waals surface area contributed by atoms with Gasteiger partial charge in [0.1, 0.15) is 0 Å². The van der Waals surface area contributed by atoms with E-state index in [1.807, 2.05) is 83.1 Å². The summed E-state index contributed by atoms with van der Waals surface area (Å²) in [6, 6.07) is 0. The molecule has 0 rings (SSSR count). The largest absolute Gasteiger partial charge is 0.662 e. The van der Waals surface area contributed by atoms with Crippen molar-refractivity contribution in [3.63, 3.8) is 0 Å². The van der Waals surface area contributed by atoms with Crippen LogP contribution in [0.15, 0.2) is 0 Å². The summed E-state index contributed by atoms with van der Waals surface area (Å²) in [5.74, 6) is 0.314. The lowest BCUT2D eigenvalue weighted by Crippen LogP contribution is -2.61. The molecule has 0 aromatic carbocycles. The van der Waals surface area contributed by atoms with Gasteiger partial charge in [0.15, 0.2) is 0 Å². The minimum Gasteiger partial charge on any atom is -0.458 e. The summed E-state index contributed by atoms with van der Waals surface area (Å²) in [5, 5.41) is 0.693. The number of rotatable bonds is 18. The van der Waals surface area contributed by atoms with E-state index in [0.717, 1.165) is 0 Å². The second kappa shape index (κ2) is 15.7. The Bertz CT molecular complexity index is 426. The molecule has 198 valence electrons. The Kier molecular flexibility index (Phi) is 16.0. The fourth-order valence-corrected chi connectivity index (χ4v) is 12.8. The summed E-state index contributed by atoms with van der Waals surface area (Å²) in [6.45, 7) is 27.6. The highest BCUT2D eigenvalue weighted by molar-refractivity contribution is 6.70. The van der Waals surface area contributed by atoms with Gasteiger partial charge in [-0.15, -0.1) is 0 Å². The molecule has 0 radical (unpaired) electrons. The number of hydrogen-bond donors (Lipinski definition) is 0. The van der Waals surface area contributed by atoms with E-state index < -0.39 is 32.9 Å². The summed E-state index contributed by atoms with van der Waals surface area (Å²) in [6.07, 6.45) is -0.858. The van der Waals surface area contributed by atoms with Crippen LogP contribution >= 0.6 is 0 Å². The summed E-state index contributed by atoms with van der Waals surface area (Å²) < 4.78 is 50.8. The third kappa shape index (κ3) is 15.4. The van der Waals surface area contributed by atoms with E-state index >= 15 is 0 Å². The van der Waals surface area contributed by atoms with Crippen molar-refractivity contribution in [2.24, 2.45) is 5.92 Å². The lowest BCUT2D eigenvalue weighted by molar-refractivity contribution is -0.0657. The molecule has 33 heavy (non-hydrogen) atoms. The molecule has 0 unspecified atom stereocenters. The molecule has 0 aromatic rings. The lowest BCUT2D eigenvalue weighted by atomic mass is 10.3. The van der Waals surface area contributed by atoms with Crippen LogP contribution in [0.5, 0.6) is 0 Å². The molecular formula is C22H51AlO8Si2. The zero-order valence-electron chi connectivity index (χ0n) is 23.6. The Labute approximate surface area is 210 Å². The van der Waals surface area contributed by atoms with Crippen molar-refractivity contribution in [1.82, 2.24) is 0 Å². The predicted molar refractivity (Wildman–Crippen MR) is 136 cm³/mol. The first-order chi connectivity index (χ1) is 15.0. The van der Waals surface area contributed by atoms with Crippen molar-refractivity contribution in [3.8, 4) is 0 Å². The van der Waals surface area contributed by atoms with Crippen molar-refractivity contribution in [1.29, 1.82) is 0 Å². The van der Waals surface area contributed by atoms with Crippen molar-refractivity contribution in [2.75, 3.05) is 0 Å². The van der Waals surface area contributed by atoms with Crippen LogP contribution in [0.3, 0.4) is 0 Å². The third-order valence-electron chi connectivity index (χ3n) is 3.50. The maximum absolute atomic E-state index is 6.67. The van der Waals surface area contributed by atoms with Crippen LogP contribution in [0.1, 0.15) is 96.9 Å². The van der Waals surface area contributed by atoms with Gasteiger partial charge in [-0.1, -0.05) is 19.8 Å². The van der Waals surface area contributed by atoms with Gasteiger partial charge >= 0.3 is 32.9 Å². The van der Waals surface area contributed by atoms with E-state index in [9.17, 15) is 0 Å². The van der Waals surface area contributed by atoms with E-state index in [1.165, 1.54) is 0 Å². The molecule has 0 heterocycles. The SMILES string of the molecule is CC(C)[CH2][Al]([O][Si](OC(C)C)(OC(C)C)OC(C)C)[O][Si](OC(C)C)(OC(C)C)OC(C)C. The Morgan fingerprint density at radius 2 is 0.636 bits per heavy atom. The highest BCUT2D eigenvalue weighted by Crippen LogP contribution is 2.27. The summed E-state index contributed by atoms with van der Waals surface area (Å²) in [5.41, 5.74) is 0. The minimum atomic E-state index is -3.54. The van der Waals surface area contributed by atoms with Gasteiger partial charge in [0.25, 0.3) is 0 Å². The van der Waals surface area contributed by atoms with Gasteiger partial charge in [0.2, 0.25) is 0 Å². The Balaban J connectivity index is 6.32. The second-order valence-electron chi connectivity index (χ2n) is 10.3. The molecule has 0 saturated heterocycles. The van der Waals surface area contributed by atoms with Crippen molar-refractivity contribution >= 4 is 32.9 Å². The Morgan fingerprint density at radius 1 is 0.424 bits per heavy atom. The topological polar surface area (TPSA) is 73.8 Å². The van der Waals surface area contributed by atoms with Crippen LogP contribution in [0, 0.1) is 5.92 Å². The fraction of sp³-hybridized carbons (Fsp3) is 1.00. The van der Waals surface area contributed by atoms with E-state index in [1.54, 1.807) is 0 Å². The van der Waals surface area contributed by atoms with Crippen LogP contribution in [0.4, 0.5) is 0 Å². The fourth-order valence-electron chi connectivity index (χ4n) is 2.89. The van der Waals surface area contributed by atoms with Crippen molar-refractivity contribution in [3.05, 3.63) is 0 Å². The number of hydrogen-bond acceptors (Lipinski definition) is 8. The quantitative estimate of drug-likeness (QED) is 0.214. The van der Waals surface area contributed by atoms with Crippen LogP contribution in [0.2, 0.25) is 5.28 Å². The van der Waals surface area contributed by atoms with Gasteiger partial charge in [-0.3, -0.25) is 0 Å². The molecular weight excluding hydrogens is 475 g/mol. The standard InChI is InChI=1S/2C9H21O4Si.C4H9.Al/c2*1-7(2)11-14(10,12-8(3)4)13-9(5)6;1-4(2)3;/h2*7-9H,1-6H3;4H,1H2,2-3H3;/q2*-1;;+2. The van der Waals surface area contributed by atoms with Gasteiger partial charge in [-0.05, 0) is 88.4 Å². The van der Waals surface area contributed by atoms with Gasteiger partial charge in [-0.25, -0.2) is 0 Å². The minimum absolute atomic E-state index is 0.143. The molecule has 0 amide bonds. The maximum atomic E-state index is 6.67. The van der Waals surface area contributed by atoms with Crippen molar-refractivity contribution < 1.29 is 33.5 Å². The molecule has 0 fully saturated rings. The first kappa shape index (κ1) is 33.6. The molecule has 0 saturated carbocycles. The molecule has 0 aromatic heterocycles. The average Bonchev–Trinajstić information content (AvgIpc) is 2.48. The average molecular weight is 527 g/mol. The summed E-state index contributed by atoms with van der Waals surface area (Å²) >= 11 is -2.52. The molecule has 8 nitrogen and oxygen atoms in total. The summed E-state index contributed by atoms with van der Waals surface area (Å²) in [7, 11) is -7.08. The zero-order valence-corrected chi connectivity index (χ0v) is 26.7. The first-order valence-corrected chi connectivity index (χ1v) is 17.4. The molecule has 0 spiro atoms. The monoisotopic (exact) mass is 526 g/mol. The molecule has 0 aliphatic carbocycles. The third-order valence-corrected chi connectivity index (χ3v) is 13.8. The van der Waals surface area contributed by atoms with Crippen LogP contribution in [-0.4, -0.2) is 69.5 Å². The highest BCUT2D eigenvalue weighted by Gasteiger charge is 2.58. The van der Waals surface area contributed by atoms with Crippen LogP contribution in [0.25, 0.3) is 0 Å². The van der Waals surface area contributed by atoms with Gasteiger partial charge < -0.3 is 33.5 Å². The first-order valence-electron chi connectivity index (χ1n) is 12.4. The normalized spacial score (nSPS) is 13.7.